The van der Waals surface area contributed by atoms with Crippen LogP contribution in [0.25, 0.3) is 5.57 Å². The molecule has 1 N–H and O–H groups in total. The summed E-state index contributed by atoms with van der Waals surface area (Å²) in [4.78, 5) is 30.8. The van der Waals surface area contributed by atoms with Gasteiger partial charge in [-0.3, -0.25) is 9.59 Å². The van der Waals surface area contributed by atoms with Crippen LogP contribution in [0.3, 0.4) is 0 Å². The van der Waals surface area contributed by atoms with Crippen LogP contribution in [0.1, 0.15) is 61.0 Å². The predicted octanol–water partition coefficient (Wildman–Crippen LogP) is 6.59. The minimum absolute atomic E-state index is 0.0926. The molecule has 0 amide bonds. The van der Waals surface area contributed by atoms with Crippen LogP contribution in [-0.2, 0) is 9.59 Å². The first-order valence-electron chi connectivity index (χ1n) is 13.7. The van der Waals surface area contributed by atoms with Crippen molar-refractivity contribution < 1.29 is 14.7 Å². The molecular formula is C32H44N2O3. The summed E-state index contributed by atoms with van der Waals surface area (Å²) in [7, 11) is 0. The van der Waals surface area contributed by atoms with Gasteiger partial charge in [-0.25, -0.2) is 0 Å². The molecule has 0 heterocycles. The van der Waals surface area contributed by atoms with E-state index < -0.39 is 0 Å². The Morgan fingerprint density at radius 1 is 0.676 bits per heavy atom. The number of allylic oxidation sites excluding steroid dienone is 6. The molecule has 0 unspecified atom stereocenters. The fourth-order valence-corrected chi connectivity index (χ4v) is 5.01. The Kier molecular flexibility index (Phi) is 9.22. The molecule has 0 fully saturated rings. The van der Waals surface area contributed by atoms with Crippen molar-refractivity contribution in [2.75, 3.05) is 31.1 Å². The highest BCUT2D eigenvalue weighted by molar-refractivity contribution is 6.41. The van der Waals surface area contributed by atoms with E-state index in [0.717, 1.165) is 37.6 Å². The highest BCUT2D eigenvalue weighted by Gasteiger charge is 2.38. The normalized spacial score (nSPS) is 17.9. The standard InChI is InChI=1S/C32H44N2O3/c1-20(2)16-33(17-21(3)4)25-11-9-24(10-12-25)29-31(36)30(32(29)37)27-14-13-26(15-28(27)35)34(18-22(5)6)19-23(7)8/h9-15,20-23,36H,16-19H2,1-8H3/b30-27-. The smallest absolute Gasteiger partial charge is 0.201 e. The number of carbonyl (C=O) groups excluding carboxylic acids is 2. The van der Waals surface area contributed by atoms with E-state index in [0.29, 0.717) is 29.2 Å². The number of hydrogen-bond donors (Lipinski definition) is 1. The average molecular weight is 505 g/mol. The van der Waals surface area contributed by atoms with Gasteiger partial charge in [0.1, 0.15) is 5.76 Å². The molecule has 0 aliphatic heterocycles. The van der Waals surface area contributed by atoms with Crippen molar-refractivity contribution in [3.63, 3.8) is 0 Å². The average Bonchev–Trinajstić information content (AvgIpc) is 2.79. The molecule has 200 valence electrons. The minimum atomic E-state index is -0.280. The summed E-state index contributed by atoms with van der Waals surface area (Å²) >= 11 is 0. The Bertz CT molecular complexity index is 1110. The van der Waals surface area contributed by atoms with Crippen LogP contribution < -0.4 is 4.90 Å². The van der Waals surface area contributed by atoms with Crippen molar-refractivity contribution in [3.05, 3.63) is 70.7 Å². The van der Waals surface area contributed by atoms with E-state index >= 15 is 0 Å². The summed E-state index contributed by atoms with van der Waals surface area (Å²) in [6, 6.07) is 7.80. The molecule has 0 radical (unpaired) electrons. The van der Waals surface area contributed by atoms with E-state index in [1.54, 1.807) is 12.2 Å². The van der Waals surface area contributed by atoms with E-state index in [4.69, 9.17) is 0 Å². The van der Waals surface area contributed by atoms with Gasteiger partial charge < -0.3 is 14.9 Å². The first-order chi connectivity index (χ1) is 17.4. The second-order valence-corrected chi connectivity index (χ2v) is 12.0. The highest BCUT2D eigenvalue weighted by Crippen LogP contribution is 2.39. The van der Waals surface area contributed by atoms with Crippen LogP contribution in [-0.4, -0.2) is 47.8 Å². The lowest BCUT2D eigenvalue weighted by molar-refractivity contribution is -0.114. The third-order valence-electron chi connectivity index (χ3n) is 6.39. The maximum atomic E-state index is 13.1. The lowest BCUT2D eigenvalue weighted by atomic mass is 9.79. The van der Waals surface area contributed by atoms with Gasteiger partial charge in [-0.05, 0) is 53.5 Å². The zero-order chi connectivity index (χ0) is 27.4. The number of aliphatic hydroxyl groups is 1. The van der Waals surface area contributed by atoms with Crippen molar-refractivity contribution >= 4 is 22.8 Å². The number of ketones is 2. The van der Waals surface area contributed by atoms with Gasteiger partial charge in [0.05, 0.1) is 11.1 Å². The maximum absolute atomic E-state index is 13.1. The van der Waals surface area contributed by atoms with Gasteiger partial charge in [0, 0.05) is 49.2 Å². The second kappa shape index (κ2) is 12.0. The molecule has 1 aromatic rings. The second-order valence-electron chi connectivity index (χ2n) is 12.0. The molecule has 1 aromatic carbocycles. The molecule has 2 aliphatic carbocycles. The lowest BCUT2D eigenvalue weighted by Crippen LogP contribution is -2.32. The zero-order valence-electron chi connectivity index (χ0n) is 23.8. The Morgan fingerprint density at radius 2 is 1.16 bits per heavy atom. The Labute approximate surface area is 223 Å². The third-order valence-corrected chi connectivity index (χ3v) is 6.39. The van der Waals surface area contributed by atoms with Crippen LogP contribution in [0, 0.1) is 23.7 Å². The monoisotopic (exact) mass is 504 g/mol. The number of benzene rings is 1. The minimum Gasteiger partial charge on any atom is -0.506 e. The van der Waals surface area contributed by atoms with Crippen LogP contribution in [0.15, 0.2) is 65.1 Å². The van der Waals surface area contributed by atoms with Crippen molar-refractivity contribution in [1.29, 1.82) is 0 Å². The van der Waals surface area contributed by atoms with Gasteiger partial charge in [0.2, 0.25) is 5.78 Å². The van der Waals surface area contributed by atoms with Crippen LogP contribution in [0.2, 0.25) is 0 Å². The van der Waals surface area contributed by atoms with Crippen LogP contribution in [0.5, 0.6) is 0 Å². The summed E-state index contributed by atoms with van der Waals surface area (Å²) in [6.07, 6.45) is 5.17. The summed E-state index contributed by atoms with van der Waals surface area (Å²) in [5.41, 5.74) is 3.30. The van der Waals surface area contributed by atoms with Gasteiger partial charge in [-0.15, -0.1) is 0 Å². The number of hydrogen-bond acceptors (Lipinski definition) is 5. The van der Waals surface area contributed by atoms with E-state index in [1.165, 1.54) is 0 Å². The molecule has 5 heteroatoms. The van der Waals surface area contributed by atoms with Gasteiger partial charge in [-0.2, -0.15) is 0 Å². The molecule has 0 saturated heterocycles. The highest BCUT2D eigenvalue weighted by atomic mass is 16.3. The molecule has 5 nitrogen and oxygen atoms in total. The van der Waals surface area contributed by atoms with Crippen LogP contribution >= 0.6 is 0 Å². The molecule has 0 atom stereocenters. The quantitative estimate of drug-likeness (QED) is 0.345. The van der Waals surface area contributed by atoms with Crippen molar-refractivity contribution in [2.24, 2.45) is 23.7 Å². The number of nitrogens with zero attached hydrogens (tertiary/aromatic N) is 2. The van der Waals surface area contributed by atoms with Gasteiger partial charge in [0.15, 0.2) is 5.78 Å². The molecule has 2 aliphatic rings. The van der Waals surface area contributed by atoms with Gasteiger partial charge in [0.25, 0.3) is 0 Å². The number of carbonyl (C=O) groups is 2. The zero-order valence-corrected chi connectivity index (χ0v) is 23.8. The Balaban J connectivity index is 1.85. The fraction of sp³-hybridized carbons (Fsp3) is 0.500. The number of aliphatic hydroxyl groups excluding tert-OH is 1. The Morgan fingerprint density at radius 3 is 1.59 bits per heavy atom. The molecule has 0 spiro atoms. The third kappa shape index (κ3) is 6.82. The van der Waals surface area contributed by atoms with Gasteiger partial charge >= 0.3 is 0 Å². The molecular weight excluding hydrogens is 460 g/mol. The molecule has 3 rings (SSSR count). The first kappa shape index (κ1) is 28.5. The number of rotatable bonds is 11. The van der Waals surface area contributed by atoms with Crippen molar-refractivity contribution in [1.82, 2.24) is 4.90 Å². The topological polar surface area (TPSA) is 60.9 Å². The molecule has 0 saturated carbocycles. The largest absolute Gasteiger partial charge is 0.506 e. The number of Topliss-reactive ketones (excluding diaryl/α,β-unsaturated/α-hetero) is 1. The predicted molar refractivity (Wildman–Crippen MR) is 153 cm³/mol. The molecule has 0 aromatic heterocycles. The van der Waals surface area contributed by atoms with E-state index in [1.807, 2.05) is 30.3 Å². The van der Waals surface area contributed by atoms with Crippen molar-refractivity contribution in [3.8, 4) is 0 Å². The SMILES string of the molecule is CC(C)CN(CC(C)C)C1=CC(=O)/C(=C2\C(=O)C(c3ccc(N(CC(C)C)CC(C)C)cc3)=C2O)C=C1. The molecule has 0 bridgehead atoms. The Hall–Kier alpha value is -3.08. The summed E-state index contributed by atoms with van der Waals surface area (Å²) in [5.74, 6) is 1.37. The summed E-state index contributed by atoms with van der Waals surface area (Å²) in [5, 5.41) is 10.9. The summed E-state index contributed by atoms with van der Waals surface area (Å²) in [6.45, 7) is 21.1. The lowest BCUT2D eigenvalue weighted by Gasteiger charge is -2.31. The van der Waals surface area contributed by atoms with E-state index in [9.17, 15) is 14.7 Å². The van der Waals surface area contributed by atoms with Crippen LogP contribution in [0.4, 0.5) is 5.69 Å². The fourth-order valence-electron chi connectivity index (χ4n) is 5.01. The molecule has 37 heavy (non-hydrogen) atoms. The van der Waals surface area contributed by atoms with E-state index in [2.05, 4.69) is 65.2 Å². The van der Waals surface area contributed by atoms with Crippen molar-refractivity contribution in [2.45, 2.75) is 55.4 Å². The van der Waals surface area contributed by atoms with E-state index in [-0.39, 0.29) is 34.0 Å². The maximum Gasteiger partial charge on any atom is 0.201 e. The van der Waals surface area contributed by atoms with Gasteiger partial charge in [-0.1, -0.05) is 67.5 Å². The first-order valence-corrected chi connectivity index (χ1v) is 13.7. The summed E-state index contributed by atoms with van der Waals surface area (Å²) < 4.78 is 0. The number of anilines is 1.